The minimum absolute atomic E-state index is 0.0979. The summed E-state index contributed by atoms with van der Waals surface area (Å²) in [6, 6.07) is 0. The zero-order chi connectivity index (χ0) is 26.0. The van der Waals surface area contributed by atoms with Gasteiger partial charge in [0.25, 0.3) is 0 Å². The third-order valence-corrected chi connectivity index (χ3v) is 22.3. The number of carbonyl (C=O) groups is 2. The van der Waals surface area contributed by atoms with Crippen molar-refractivity contribution in [2.45, 2.75) is 113 Å². The molecule has 1 atom stereocenters. The maximum absolute atomic E-state index is 13.1. The molecule has 1 aliphatic carbocycles. The van der Waals surface area contributed by atoms with E-state index < -0.39 is 35.7 Å². The van der Waals surface area contributed by atoms with Crippen molar-refractivity contribution in [1.29, 1.82) is 0 Å². The molecular weight excluding hydrogens is 531 g/mol. The molecule has 0 heterocycles. The Labute approximate surface area is 214 Å². The quantitative estimate of drug-likeness (QED) is 0.0848. The van der Waals surface area contributed by atoms with Crippen LogP contribution in [0.4, 0.5) is 0 Å². The number of methoxy groups -OCH3 is 2. The Morgan fingerprint density at radius 2 is 1.44 bits per heavy atom. The Hall–Kier alpha value is -0.781. The van der Waals surface area contributed by atoms with Crippen LogP contribution in [-0.4, -0.2) is 44.5 Å². The van der Waals surface area contributed by atoms with Gasteiger partial charge in [0.15, 0.2) is 0 Å². The van der Waals surface area contributed by atoms with Crippen molar-refractivity contribution in [2.75, 3.05) is 14.2 Å². The monoisotopic (exact) mass is 584 g/mol. The Bertz CT molecular complexity index is 684. The molecule has 0 spiro atoms. The van der Waals surface area contributed by atoms with Gasteiger partial charge in [-0.15, -0.1) is 0 Å². The van der Waals surface area contributed by atoms with Crippen LogP contribution in [0.3, 0.4) is 0 Å². The van der Waals surface area contributed by atoms with Gasteiger partial charge in [-0.05, 0) is 0 Å². The number of allylic oxidation sites excluding steroid dienone is 2. The van der Waals surface area contributed by atoms with Crippen molar-refractivity contribution in [3.8, 4) is 0 Å². The fourth-order valence-corrected chi connectivity index (χ4v) is 21.8. The second kappa shape index (κ2) is 14.1. The Balaban J connectivity index is 3.72. The molecule has 0 N–H and O–H groups in total. The summed E-state index contributed by atoms with van der Waals surface area (Å²) < 4.78 is 17.2. The number of rotatable bonds is 15. The molecule has 0 aliphatic heterocycles. The number of ether oxygens (including phenoxy) is 2. The van der Waals surface area contributed by atoms with Crippen molar-refractivity contribution in [3.63, 3.8) is 0 Å². The van der Waals surface area contributed by atoms with Crippen LogP contribution in [-0.2, 0) is 19.1 Å². The van der Waals surface area contributed by atoms with Gasteiger partial charge in [0.2, 0.25) is 0 Å². The van der Waals surface area contributed by atoms with Crippen LogP contribution in [0.25, 0.3) is 0 Å². The molecule has 4 nitrogen and oxygen atoms in total. The zero-order valence-electron chi connectivity index (χ0n) is 23.5. The summed E-state index contributed by atoms with van der Waals surface area (Å²) in [5, 5.41) is 0. The average molecular weight is 583 g/mol. The molecule has 0 amide bonds. The van der Waals surface area contributed by atoms with Crippen molar-refractivity contribution >= 4 is 30.3 Å². The van der Waals surface area contributed by atoms with Crippen LogP contribution in [0, 0.1) is 16.7 Å². The first kappa shape index (κ1) is 31.2. The number of carbonyl (C=O) groups excluding carboxylic acids is 2. The Morgan fingerprint density at radius 1 is 1.00 bits per heavy atom. The summed E-state index contributed by atoms with van der Waals surface area (Å²) in [5.41, 5.74) is 1.14. The van der Waals surface area contributed by atoms with E-state index in [-0.39, 0.29) is 11.3 Å². The van der Waals surface area contributed by atoms with Gasteiger partial charge >= 0.3 is 215 Å². The molecule has 34 heavy (non-hydrogen) atoms. The third kappa shape index (κ3) is 7.86. The number of esters is 2. The normalized spacial score (nSPS) is 19.3. The predicted octanol–water partition coefficient (Wildman–Crippen LogP) is 8.04. The van der Waals surface area contributed by atoms with E-state index in [0.717, 1.165) is 12.0 Å². The van der Waals surface area contributed by atoms with E-state index in [1.807, 2.05) is 0 Å². The van der Waals surface area contributed by atoms with Gasteiger partial charge in [-0.3, -0.25) is 0 Å². The number of hydrogen-bond donors (Lipinski definition) is 0. The van der Waals surface area contributed by atoms with E-state index >= 15 is 0 Å². The van der Waals surface area contributed by atoms with Gasteiger partial charge in [-0.25, -0.2) is 0 Å². The van der Waals surface area contributed by atoms with Crippen LogP contribution < -0.4 is 0 Å². The minimum atomic E-state index is -2.66. The van der Waals surface area contributed by atoms with Gasteiger partial charge in [-0.1, -0.05) is 0 Å². The molecule has 5 heteroatoms. The fourth-order valence-electron chi connectivity index (χ4n) is 6.21. The Kier molecular flexibility index (Phi) is 12.9. The third-order valence-electron chi connectivity index (χ3n) is 7.94. The van der Waals surface area contributed by atoms with E-state index in [1.165, 1.54) is 71.6 Å². The molecule has 1 saturated carbocycles. The van der Waals surface area contributed by atoms with E-state index in [9.17, 15) is 9.59 Å². The van der Waals surface area contributed by atoms with E-state index in [4.69, 9.17) is 9.47 Å². The molecule has 0 aromatic carbocycles. The Morgan fingerprint density at radius 3 is 1.79 bits per heavy atom. The van der Waals surface area contributed by atoms with E-state index in [0.29, 0.717) is 12.8 Å². The maximum atomic E-state index is 13.1. The van der Waals surface area contributed by atoms with E-state index in [2.05, 4.69) is 52.2 Å². The van der Waals surface area contributed by atoms with Crippen LogP contribution in [0.2, 0.25) is 13.3 Å². The number of unbranched alkanes of at least 4 members (excludes halogenated alkanes) is 3. The van der Waals surface area contributed by atoms with Gasteiger partial charge in [0.05, 0.1) is 0 Å². The molecular formula is C29H52O4Sn. The molecule has 1 fully saturated rings. The first-order chi connectivity index (χ1) is 16.0. The first-order valence-electron chi connectivity index (χ1n) is 13.5. The summed E-state index contributed by atoms with van der Waals surface area (Å²) >= 11 is -2.66. The summed E-state index contributed by atoms with van der Waals surface area (Å²) in [6.07, 6.45) is 9.30. The molecule has 0 saturated heterocycles. The van der Waals surface area contributed by atoms with Crippen LogP contribution >= 0.6 is 0 Å². The van der Waals surface area contributed by atoms with Crippen molar-refractivity contribution in [3.05, 3.63) is 21.8 Å². The SMILES string of the molecule is C=C(C)CC(C)(C)C1CC(C(=O)OC)(C(=O)OC)C/C1=[CH]\[Sn]([CH2]CCC)([CH2]CCC)[CH2]CCC. The van der Waals surface area contributed by atoms with Crippen LogP contribution in [0.15, 0.2) is 21.8 Å². The van der Waals surface area contributed by atoms with Gasteiger partial charge in [-0.2, -0.15) is 0 Å². The first-order valence-corrected chi connectivity index (χ1v) is 21.2. The second-order valence-electron chi connectivity index (χ2n) is 11.5. The fraction of sp³-hybridized carbons (Fsp3) is 0.793. The topological polar surface area (TPSA) is 52.6 Å². The second-order valence-corrected chi connectivity index (χ2v) is 24.4. The summed E-state index contributed by atoms with van der Waals surface area (Å²) in [6.45, 7) is 17.7. The van der Waals surface area contributed by atoms with Gasteiger partial charge in [0.1, 0.15) is 0 Å². The van der Waals surface area contributed by atoms with E-state index in [1.54, 1.807) is 0 Å². The summed E-state index contributed by atoms with van der Waals surface area (Å²) in [7, 11) is 2.77. The van der Waals surface area contributed by atoms with Crippen molar-refractivity contribution in [2.24, 2.45) is 16.7 Å². The molecule has 196 valence electrons. The molecule has 0 aromatic rings. The molecule has 0 bridgehead atoms. The zero-order valence-corrected chi connectivity index (χ0v) is 26.3. The summed E-state index contributed by atoms with van der Waals surface area (Å²) in [5.74, 6) is -0.756. The standard InChI is InChI=1S/C17H25O4.3C4H9.Sn/c1-11(2)8-16(4,5)13-10-17(9-12(13)3,14(18)20-6)15(19)21-7;3*1-3-4-2;/h3,13H,1,8-10H2,2,4-7H3;3*1,3-4H2,2H3;. The predicted molar refractivity (Wildman–Crippen MR) is 145 cm³/mol. The van der Waals surface area contributed by atoms with Crippen molar-refractivity contribution in [1.82, 2.24) is 0 Å². The van der Waals surface area contributed by atoms with Crippen LogP contribution in [0.1, 0.15) is 99.3 Å². The molecule has 1 aliphatic rings. The summed E-state index contributed by atoms with van der Waals surface area (Å²) in [4.78, 5) is 26.2. The molecule has 0 aromatic heterocycles. The van der Waals surface area contributed by atoms with Gasteiger partial charge < -0.3 is 0 Å². The number of hydrogen-bond acceptors (Lipinski definition) is 4. The average Bonchev–Trinajstić information content (AvgIpc) is 3.19. The molecule has 1 unspecified atom stereocenters. The van der Waals surface area contributed by atoms with Crippen LogP contribution in [0.5, 0.6) is 0 Å². The van der Waals surface area contributed by atoms with Gasteiger partial charge in [0, 0.05) is 0 Å². The molecule has 0 radical (unpaired) electrons. The molecule has 1 rings (SSSR count). The van der Waals surface area contributed by atoms with Crippen molar-refractivity contribution < 1.29 is 19.1 Å².